The number of nitrogens with one attached hydrogen (secondary N) is 1. The Bertz CT molecular complexity index is 774. The van der Waals surface area contributed by atoms with E-state index in [1.165, 1.54) is 0 Å². The predicted molar refractivity (Wildman–Crippen MR) is 74.9 cm³/mol. The van der Waals surface area contributed by atoms with Crippen LogP contribution in [0.1, 0.15) is 11.3 Å². The molecule has 102 valence electrons. The smallest absolute Gasteiger partial charge is 0.178 e. The molecule has 2 heterocycles. The summed E-state index contributed by atoms with van der Waals surface area (Å²) in [4.78, 5) is 0. The van der Waals surface area contributed by atoms with Crippen molar-refractivity contribution in [3.8, 4) is 5.75 Å². The summed E-state index contributed by atoms with van der Waals surface area (Å²) < 4.78 is 14.2. The number of halogens is 2. The van der Waals surface area contributed by atoms with Crippen LogP contribution >= 0.6 is 15.9 Å². The first-order valence-electron chi connectivity index (χ1n) is 5.97. The molecule has 0 bridgehead atoms. The van der Waals surface area contributed by atoms with Crippen molar-refractivity contribution in [2.45, 2.75) is 12.8 Å². The average Bonchev–Trinajstić information content (AvgIpc) is 2.87. The van der Waals surface area contributed by atoms with Crippen LogP contribution < -0.4 is 0 Å². The number of aromatic nitrogens is 4. The fourth-order valence-corrected chi connectivity index (χ4v) is 2.35. The van der Waals surface area contributed by atoms with E-state index in [-0.39, 0.29) is 5.75 Å². The zero-order valence-corrected chi connectivity index (χ0v) is 11.9. The third-order valence-electron chi connectivity index (χ3n) is 3.11. The Morgan fingerprint density at radius 1 is 1.25 bits per heavy atom. The van der Waals surface area contributed by atoms with Crippen LogP contribution in [-0.2, 0) is 12.8 Å². The van der Waals surface area contributed by atoms with Crippen molar-refractivity contribution < 1.29 is 9.50 Å². The monoisotopic (exact) mass is 336 g/mol. The zero-order chi connectivity index (χ0) is 14.1. The van der Waals surface area contributed by atoms with E-state index in [2.05, 4.69) is 36.3 Å². The van der Waals surface area contributed by atoms with Crippen molar-refractivity contribution in [3.63, 3.8) is 0 Å². The largest absolute Gasteiger partial charge is 0.504 e. The number of fused-ring (bicyclic) bond motifs is 1. The molecule has 5 nitrogen and oxygen atoms in total. The lowest BCUT2D eigenvalue weighted by Gasteiger charge is -2.05. The molecule has 3 aromatic rings. The molecule has 0 saturated heterocycles. The number of aromatic hydroxyl groups is 1. The highest BCUT2D eigenvalue weighted by molar-refractivity contribution is 9.10. The quantitative estimate of drug-likeness (QED) is 0.771. The molecular formula is C13H10BrFN4O. The van der Waals surface area contributed by atoms with E-state index in [0.717, 1.165) is 11.1 Å². The molecular weight excluding hydrogens is 327 g/mol. The Morgan fingerprint density at radius 3 is 2.95 bits per heavy atom. The zero-order valence-electron chi connectivity index (χ0n) is 10.3. The van der Waals surface area contributed by atoms with Crippen LogP contribution in [0.3, 0.4) is 0 Å². The van der Waals surface area contributed by atoms with Crippen LogP contribution in [0.2, 0.25) is 0 Å². The molecule has 2 N–H and O–H groups in total. The highest BCUT2D eigenvalue weighted by Crippen LogP contribution is 2.29. The van der Waals surface area contributed by atoms with Gasteiger partial charge in [0.2, 0.25) is 0 Å². The fourth-order valence-electron chi connectivity index (χ4n) is 2.05. The summed E-state index contributed by atoms with van der Waals surface area (Å²) in [6.07, 6.45) is 2.58. The molecule has 0 aliphatic carbocycles. The number of phenolic OH excluding ortho intramolecular Hbond substituents is 1. The van der Waals surface area contributed by atoms with E-state index in [9.17, 15) is 9.50 Å². The van der Waals surface area contributed by atoms with Crippen molar-refractivity contribution >= 4 is 27.0 Å². The molecule has 0 aliphatic rings. The Hall–Kier alpha value is -2.02. The lowest BCUT2D eigenvalue weighted by molar-refractivity contribution is 0.425. The second-order valence-electron chi connectivity index (χ2n) is 4.33. The van der Waals surface area contributed by atoms with Gasteiger partial charge in [-0.15, -0.1) is 5.10 Å². The molecule has 7 heteroatoms. The van der Waals surface area contributed by atoms with E-state index >= 15 is 0 Å². The molecule has 0 radical (unpaired) electrons. The first kappa shape index (κ1) is 13.0. The van der Waals surface area contributed by atoms with Gasteiger partial charge in [-0.25, -0.2) is 4.39 Å². The molecule has 0 atom stereocenters. The Labute approximate surface area is 122 Å². The Kier molecular flexibility index (Phi) is 3.35. The molecule has 1 aromatic carbocycles. The summed E-state index contributed by atoms with van der Waals surface area (Å²) in [7, 11) is 0. The van der Waals surface area contributed by atoms with E-state index in [0.29, 0.717) is 28.5 Å². The van der Waals surface area contributed by atoms with Crippen LogP contribution in [0.15, 0.2) is 28.9 Å². The minimum atomic E-state index is -0.598. The maximum absolute atomic E-state index is 13.9. The Morgan fingerprint density at radius 2 is 2.10 bits per heavy atom. The van der Waals surface area contributed by atoms with Crippen LogP contribution in [0.25, 0.3) is 11.0 Å². The summed E-state index contributed by atoms with van der Waals surface area (Å²) >= 11 is 3.08. The molecule has 0 saturated carbocycles. The third kappa shape index (κ3) is 2.24. The number of nitrogens with zero attached hydrogens (tertiary/aromatic N) is 3. The topological polar surface area (TPSA) is 74.7 Å². The lowest BCUT2D eigenvalue weighted by Crippen LogP contribution is -1.96. The third-order valence-corrected chi connectivity index (χ3v) is 3.75. The number of hydrogen-bond donors (Lipinski definition) is 2. The van der Waals surface area contributed by atoms with E-state index in [1.807, 2.05) is 6.07 Å². The number of rotatable bonds is 3. The molecule has 3 rings (SSSR count). The summed E-state index contributed by atoms with van der Waals surface area (Å²) in [5, 5.41) is 25.0. The maximum atomic E-state index is 13.9. The molecule has 2 aromatic heterocycles. The van der Waals surface area contributed by atoms with Crippen molar-refractivity contribution in [3.05, 3.63) is 45.9 Å². The molecule has 0 spiro atoms. The number of aromatic amines is 1. The van der Waals surface area contributed by atoms with Crippen molar-refractivity contribution in [1.82, 2.24) is 20.4 Å². The minimum Gasteiger partial charge on any atom is -0.504 e. The normalized spacial score (nSPS) is 11.1. The van der Waals surface area contributed by atoms with Crippen LogP contribution in [0.5, 0.6) is 5.75 Å². The molecule has 0 fully saturated rings. The van der Waals surface area contributed by atoms with Gasteiger partial charge in [0.15, 0.2) is 17.2 Å². The van der Waals surface area contributed by atoms with E-state index < -0.39 is 5.82 Å². The number of benzene rings is 1. The minimum absolute atomic E-state index is 0.347. The predicted octanol–water partition coefficient (Wildman–Crippen LogP) is 2.75. The summed E-state index contributed by atoms with van der Waals surface area (Å²) in [6, 6.07) is 5.09. The first-order valence-corrected chi connectivity index (χ1v) is 6.76. The second kappa shape index (κ2) is 5.16. The first-order chi connectivity index (χ1) is 9.66. The van der Waals surface area contributed by atoms with Crippen LogP contribution in [0.4, 0.5) is 4.39 Å². The Balaban J connectivity index is 1.85. The van der Waals surface area contributed by atoms with Crippen LogP contribution in [0, 0.1) is 5.82 Å². The average molecular weight is 337 g/mol. The van der Waals surface area contributed by atoms with Gasteiger partial charge in [0.25, 0.3) is 0 Å². The van der Waals surface area contributed by atoms with Crippen molar-refractivity contribution in [2.75, 3.05) is 0 Å². The molecule has 20 heavy (non-hydrogen) atoms. The highest BCUT2D eigenvalue weighted by atomic mass is 79.9. The highest BCUT2D eigenvalue weighted by Gasteiger charge is 2.12. The van der Waals surface area contributed by atoms with Crippen molar-refractivity contribution in [2.24, 2.45) is 0 Å². The van der Waals surface area contributed by atoms with Crippen LogP contribution in [-0.4, -0.2) is 25.5 Å². The SMILES string of the molecule is Oc1c(Br)ccc(CCc2n[nH]c3nnccc23)c1F. The van der Waals surface area contributed by atoms with Gasteiger partial charge >= 0.3 is 0 Å². The molecule has 0 aliphatic heterocycles. The number of H-pyrrole nitrogens is 1. The second-order valence-corrected chi connectivity index (χ2v) is 5.19. The van der Waals surface area contributed by atoms with Gasteiger partial charge in [-0.05, 0) is 46.5 Å². The van der Waals surface area contributed by atoms with Crippen molar-refractivity contribution in [1.29, 1.82) is 0 Å². The number of hydrogen-bond acceptors (Lipinski definition) is 4. The van der Waals surface area contributed by atoms with Gasteiger partial charge in [-0.3, -0.25) is 5.10 Å². The summed E-state index contributed by atoms with van der Waals surface area (Å²) in [5.74, 6) is -0.959. The summed E-state index contributed by atoms with van der Waals surface area (Å²) in [5.41, 5.74) is 1.86. The van der Waals surface area contributed by atoms with Gasteiger partial charge in [0.05, 0.1) is 16.4 Å². The number of phenols is 1. The molecule has 0 unspecified atom stereocenters. The summed E-state index contributed by atoms with van der Waals surface area (Å²) in [6.45, 7) is 0. The van der Waals surface area contributed by atoms with E-state index in [4.69, 9.17) is 0 Å². The standard InChI is InChI=1S/C13H10BrFN4O/c14-9-3-1-7(11(15)12(9)20)2-4-10-8-5-6-16-18-13(8)19-17-10/h1,3,5-6,20H,2,4H2,(H,17,18,19). The fraction of sp³-hybridized carbons (Fsp3) is 0.154. The van der Waals surface area contributed by atoms with Gasteiger partial charge < -0.3 is 5.11 Å². The van der Waals surface area contributed by atoms with E-state index in [1.54, 1.807) is 18.3 Å². The van der Waals surface area contributed by atoms with Gasteiger partial charge in [0.1, 0.15) is 0 Å². The lowest BCUT2D eigenvalue weighted by atomic mass is 10.1. The van der Waals surface area contributed by atoms with Gasteiger partial charge in [-0.2, -0.15) is 10.2 Å². The maximum Gasteiger partial charge on any atom is 0.178 e. The van der Waals surface area contributed by atoms with Gasteiger partial charge in [0, 0.05) is 5.39 Å². The molecule has 0 amide bonds. The van der Waals surface area contributed by atoms with Gasteiger partial charge in [-0.1, -0.05) is 6.07 Å². The number of aryl methyl sites for hydroxylation is 2.